The van der Waals surface area contributed by atoms with E-state index in [1.54, 1.807) is 48.5 Å². The van der Waals surface area contributed by atoms with E-state index in [2.05, 4.69) is 0 Å². The van der Waals surface area contributed by atoms with E-state index >= 15 is 0 Å². The molecule has 41 heavy (non-hydrogen) atoms. The van der Waals surface area contributed by atoms with Gasteiger partial charge in [0.1, 0.15) is 12.4 Å². The number of carboxylic acids is 1. The van der Waals surface area contributed by atoms with Gasteiger partial charge in [0.2, 0.25) is 0 Å². The molecule has 1 aliphatic heterocycles. The number of fused-ring (bicyclic) bond motifs is 1. The number of benzene rings is 4. The van der Waals surface area contributed by atoms with E-state index in [-0.39, 0.29) is 36.3 Å². The van der Waals surface area contributed by atoms with Crippen LogP contribution in [0, 0.1) is 5.92 Å². The quantitative estimate of drug-likeness (QED) is 0.163. The highest BCUT2D eigenvalue weighted by molar-refractivity contribution is 6.30. The number of ether oxygens (including phenoxy) is 1. The lowest BCUT2D eigenvalue weighted by Crippen LogP contribution is -2.33. The topological polar surface area (TPSA) is 101 Å². The minimum Gasteiger partial charge on any atom is -0.489 e. The fourth-order valence-corrected chi connectivity index (χ4v) is 4.86. The predicted octanol–water partition coefficient (Wildman–Crippen LogP) is 6.55. The predicted molar refractivity (Wildman–Crippen MR) is 154 cm³/mol. The van der Waals surface area contributed by atoms with Crippen molar-refractivity contribution >= 4 is 35.2 Å². The van der Waals surface area contributed by atoms with Gasteiger partial charge in [-0.3, -0.25) is 24.1 Å². The molecule has 0 aromatic heterocycles. The Morgan fingerprint density at radius 3 is 2.10 bits per heavy atom. The maximum Gasteiger partial charge on any atom is 0.307 e. The van der Waals surface area contributed by atoms with E-state index in [1.165, 1.54) is 6.07 Å². The molecule has 1 atom stereocenters. The number of ketones is 1. The molecule has 0 fully saturated rings. The van der Waals surface area contributed by atoms with Crippen molar-refractivity contribution in [3.63, 3.8) is 0 Å². The van der Waals surface area contributed by atoms with Gasteiger partial charge in [-0.15, -0.1) is 0 Å². The summed E-state index contributed by atoms with van der Waals surface area (Å²) in [4.78, 5) is 51.9. The Hall–Kier alpha value is -4.75. The van der Waals surface area contributed by atoms with Gasteiger partial charge in [0, 0.05) is 23.6 Å². The molecule has 1 aliphatic rings. The fourth-order valence-electron chi connectivity index (χ4n) is 4.73. The number of Topliss-reactive ketones (excluding diaryl/α,β-unsaturated/α-hetero) is 1. The molecule has 7 nitrogen and oxygen atoms in total. The van der Waals surface area contributed by atoms with Crippen LogP contribution in [0.2, 0.25) is 5.02 Å². The first-order chi connectivity index (χ1) is 19.8. The minimum absolute atomic E-state index is 0.0488. The van der Waals surface area contributed by atoms with Gasteiger partial charge >= 0.3 is 5.97 Å². The highest BCUT2D eigenvalue weighted by Gasteiger charge is 2.36. The van der Waals surface area contributed by atoms with Crippen molar-refractivity contribution in [1.29, 1.82) is 0 Å². The Kier molecular flexibility index (Phi) is 8.26. The molecule has 0 radical (unpaired) electrons. The van der Waals surface area contributed by atoms with Gasteiger partial charge in [0.05, 0.1) is 17.0 Å². The number of hydrogen-bond acceptors (Lipinski definition) is 5. The summed E-state index contributed by atoms with van der Waals surface area (Å²) < 4.78 is 5.79. The Labute approximate surface area is 241 Å². The van der Waals surface area contributed by atoms with E-state index in [9.17, 15) is 24.3 Å². The van der Waals surface area contributed by atoms with Crippen molar-refractivity contribution in [3.05, 3.63) is 124 Å². The van der Waals surface area contributed by atoms with Crippen LogP contribution >= 0.6 is 11.6 Å². The lowest BCUT2D eigenvalue weighted by Gasteiger charge is -2.17. The highest BCUT2D eigenvalue weighted by Crippen LogP contribution is 2.29. The molecule has 0 spiro atoms. The molecular formula is C33H26ClNO6. The molecule has 2 amide bonds. The zero-order chi connectivity index (χ0) is 28.9. The van der Waals surface area contributed by atoms with Gasteiger partial charge in [-0.05, 0) is 53.4 Å². The summed E-state index contributed by atoms with van der Waals surface area (Å²) in [5, 5.41) is 10.4. The van der Waals surface area contributed by atoms with Crippen LogP contribution < -0.4 is 4.74 Å². The number of aliphatic carboxylic acids is 1. The number of hydrogen-bond donors (Lipinski definition) is 1. The zero-order valence-corrected chi connectivity index (χ0v) is 22.7. The zero-order valence-electron chi connectivity index (χ0n) is 22.0. The first-order valence-corrected chi connectivity index (χ1v) is 13.5. The van der Waals surface area contributed by atoms with Crippen molar-refractivity contribution < 1.29 is 29.0 Å². The first kappa shape index (κ1) is 27.8. The van der Waals surface area contributed by atoms with E-state index in [0.29, 0.717) is 22.9 Å². The molecule has 8 heteroatoms. The fraction of sp³-hybridized carbons (Fsp3) is 0.152. The largest absolute Gasteiger partial charge is 0.489 e. The molecule has 4 aromatic carbocycles. The van der Waals surface area contributed by atoms with Gasteiger partial charge < -0.3 is 9.84 Å². The summed E-state index contributed by atoms with van der Waals surface area (Å²) in [6.45, 7) is 0.190. The maximum atomic E-state index is 13.1. The van der Waals surface area contributed by atoms with Gasteiger partial charge in [-0.2, -0.15) is 0 Å². The maximum absolute atomic E-state index is 13.1. The van der Waals surface area contributed by atoms with Crippen LogP contribution in [-0.4, -0.2) is 40.1 Å². The third-order valence-corrected chi connectivity index (χ3v) is 7.31. The molecule has 0 bridgehead atoms. The Bertz CT molecular complexity index is 1600. The SMILES string of the molecule is O=C(CC(CCN1C(=O)c2ccc(OCc3ccccc3)cc2C1=O)C(=O)O)c1ccc(-c2ccc(Cl)cc2)cc1. The number of carbonyl (C=O) groups is 4. The Morgan fingerprint density at radius 1 is 0.805 bits per heavy atom. The van der Waals surface area contributed by atoms with Gasteiger partial charge in [0.15, 0.2) is 5.78 Å². The molecule has 1 N–H and O–H groups in total. The molecule has 0 saturated carbocycles. The summed E-state index contributed by atoms with van der Waals surface area (Å²) >= 11 is 5.95. The molecular weight excluding hydrogens is 542 g/mol. The van der Waals surface area contributed by atoms with Crippen LogP contribution in [0.5, 0.6) is 5.75 Å². The van der Waals surface area contributed by atoms with Crippen LogP contribution in [0.3, 0.4) is 0 Å². The third kappa shape index (κ3) is 6.36. The smallest absolute Gasteiger partial charge is 0.307 e. The molecule has 1 unspecified atom stereocenters. The molecule has 206 valence electrons. The molecule has 5 rings (SSSR count). The summed E-state index contributed by atoms with van der Waals surface area (Å²) in [6.07, 6.45) is -0.303. The number of imide groups is 1. The van der Waals surface area contributed by atoms with Crippen molar-refractivity contribution in [3.8, 4) is 16.9 Å². The number of carbonyl (C=O) groups excluding carboxylic acids is 3. The normalized spacial score (nSPS) is 13.1. The molecule has 1 heterocycles. The average molecular weight is 568 g/mol. The first-order valence-electron chi connectivity index (χ1n) is 13.1. The monoisotopic (exact) mass is 567 g/mol. The summed E-state index contributed by atoms with van der Waals surface area (Å²) in [5.74, 6) is -3.11. The molecule has 4 aromatic rings. The van der Waals surface area contributed by atoms with E-state index in [1.807, 2.05) is 42.5 Å². The van der Waals surface area contributed by atoms with Crippen LogP contribution in [0.15, 0.2) is 97.1 Å². The number of halogens is 1. The number of rotatable bonds is 11. The third-order valence-electron chi connectivity index (χ3n) is 7.06. The molecule has 0 aliphatic carbocycles. The van der Waals surface area contributed by atoms with Crippen LogP contribution in [0.1, 0.15) is 49.5 Å². The second-order valence-corrected chi connectivity index (χ2v) is 10.2. The number of carboxylic acid groups (broad SMARTS) is 1. The number of amides is 2. The van der Waals surface area contributed by atoms with Crippen molar-refractivity contribution in [2.24, 2.45) is 5.92 Å². The van der Waals surface area contributed by atoms with Crippen LogP contribution in [0.25, 0.3) is 11.1 Å². The lowest BCUT2D eigenvalue weighted by molar-refractivity contribution is -0.142. The van der Waals surface area contributed by atoms with Crippen molar-refractivity contribution in [2.45, 2.75) is 19.4 Å². The van der Waals surface area contributed by atoms with E-state index in [4.69, 9.17) is 16.3 Å². The second-order valence-electron chi connectivity index (χ2n) is 9.78. The number of nitrogens with zero attached hydrogens (tertiary/aromatic N) is 1. The lowest BCUT2D eigenvalue weighted by atomic mass is 9.94. The van der Waals surface area contributed by atoms with E-state index in [0.717, 1.165) is 21.6 Å². The van der Waals surface area contributed by atoms with E-state index < -0.39 is 23.7 Å². The minimum atomic E-state index is -1.16. The van der Waals surface area contributed by atoms with Crippen LogP contribution in [-0.2, 0) is 11.4 Å². The Balaban J connectivity index is 1.20. The summed E-state index contributed by atoms with van der Waals surface area (Å²) in [5.41, 5.74) is 3.64. The second kappa shape index (κ2) is 12.2. The van der Waals surface area contributed by atoms with Gasteiger partial charge in [-0.25, -0.2) is 0 Å². The highest BCUT2D eigenvalue weighted by atomic mass is 35.5. The van der Waals surface area contributed by atoms with Crippen molar-refractivity contribution in [1.82, 2.24) is 4.90 Å². The average Bonchev–Trinajstić information content (AvgIpc) is 3.23. The van der Waals surface area contributed by atoms with Gasteiger partial charge in [0.25, 0.3) is 11.8 Å². The van der Waals surface area contributed by atoms with Gasteiger partial charge in [-0.1, -0.05) is 78.3 Å². The van der Waals surface area contributed by atoms with Crippen LogP contribution in [0.4, 0.5) is 0 Å². The standard InChI is InChI=1S/C33H26ClNO6/c34-26-12-10-23(11-13-26)22-6-8-24(9-7-22)30(36)18-25(33(39)40)16-17-35-31(37)28-15-14-27(19-29(28)32(35)38)41-20-21-4-2-1-3-5-21/h1-15,19,25H,16-18,20H2,(H,39,40). The summed E-state index contributed by atoms with van der Waals surface area (Å²) in [6, 6.07) is 28.5. The Morgan fingerprint density at radius 2 is 1.44 bits per heavy atom. The molecule has 0 saturated heterocycles. The van der Waals surface area contributed by atoms with Crippen molar-refractivity contribution in [2.75, 3.05) is 6.54 Å². The summed E-state index contributed by atoms with van der Waals surface area (Å²) in [7, 11) is 0.